The summed E-state index contributed by atoms with van der Waals surface area (Å²) in [6.45, 7) is 3.48. The maximum absolute atomic E-state index is 12.9. The minimum atomic E-state index is -0.460. The monoisotopic (exact) mass is 367 g/mol. The molecule has 1 saturated heterocycles. The molecule has 0 atom stereocenters. The van der Waals surface area contributed by atoms with Crippen LogP contribution < -0.4 is 5.73 Å². The second-order valence-electron chi connectivity index (χ2n) is 6.20. The van der Waals surface area contributed by atoms with Gasteiger partial charge in [-0.25, -0.2) is 9.59 Å². The second kappa shape index (κ2) is 7.93. The summed E-state index contributed by atoms with van der Waals surface area (Å²) in [6, 6.07) is 10.9. The molecule has 1 amide bonds. The molecule has 0 aromatic heterocycles. The molecule has 0 unspecified atom stereocenters. The van der Waals surface area contributed by atoms with E-state index < -0.39 is 5.78 Å². The number of ether oxygens (including phenoxy) is 1. The van der Waals surface area contributed by atoms with E-state index in [9.17, 15) is 14.4 Å². The number of ketones is 1. The second-order valence-corrected chi connectivity index (χ2v) is 6.20. The van der Waals surface area contributed by atoms with Crippen LogP contribution in [-0.4, -0.2) is 60.4 Å². The summed E-state index contributed by atoms with van der Waals surface area (Å²) >= 11 is 0. The number of nitrogens with zero attached hydrogens (tertiary/aromatic N) is 2. The molecule has 2 aromatic rings. The van der Waals surface area contributed by atoms with E-state index in [-0.39, 0.29) is 17.4 Å². The molecule has 0 aliphatic carbocycles. The van der Waals surface area contributed by atoms with E-state index in [1.165, 1.54) is 0 Å². The molecule has 1 aliphatic heterocycles. The van der Waals surface area contributed by atoms with Gasteiger partial charge in [-0.15, -0.1) is 0 Å². The Morgan fingerprint density at radius 1 is 1.07 bits per heavy atom. The summed E-state index contributed by atoms with van der Waals surface area (Å²) in [5.74, 6) is 1.31. The number of nitrogens with two attached hydrogens (primary N) is 1. The number of fused-ring (bicyclic) bond motifs is 1. The van der Waals surface area contributed by atoms with E-state index >= 15 is 0 Å². The Kier molecular flexibility index (Phi) is 5.43. The molecule has 2 aromatic carbocycles. The van der Waals surface area contributed by atoms with Crippen molar-refractivity contribution >= 4 is 34.3 Å². The first-order chi connectivity index (χ1) is 13.1. The Morgan fingerprint density at radius 3 is 2.41 bits per heavy atom. The molecule has 1 aliphatic rings. The minimum Gasteiger partial charge on any atom is -0.450 e. The third-order valence-corrected chi connectivity index (χ3v) is 4.65. The van der Waals surface area contributed by atoms with Crippen molar-refractivity contribution in [3.8, 4) is 0 Å². The van der Waals surface area contributed by atoms with E-state index in [1.807, 2.05) is 24.3 Å². The molecule has 2 N–H and O–H groups in total. The van der Waals surface area contributed by atoms with Crippen LogP contribution in [0.15, 0.2) is 42.1 Å². The van der Waals surface area contributed by atoms with Crippen molar-refractivity contribution in [2.24, 2.45) is 0 Å². The van der Waals surface area contributed by atoms with Gasteiger partial charge in [-0.05, 0) is 18.4 Å². The zero-order valence-corrected chi connectivity index (χ0v) is 15.1. The number of piperazine rings is 1. The normalized spacial score (nSPS) is 14.0. The number of hydrogen-bond donors (Lipinski definition) is 1. The molecule has 0 spiro atoms. The Balaban J connectivity index is 1.79. The standard InChI is InChI=1S/C20H21N3O4/c1-2-27-20(26)23-11-9-22(10-12-23)17(13-24)19(25)16-8-7-14-5-3-4-6-15(14)18(16)21/h3-8H,2,9-12,21H2,1H3. The Hall–Kier alpha value is -3.31. The molecular formula is C20H21N3O4. The molecule has 140 valence electrons. The molecule has 3 rings (SSSR count). The van der Waals surface area contributed by atoms with Gasteiger partial charge >= 0.3 is 6.09 Å². The largest absolute Gasteiger partial charge is 0.450 e. The number of nitrogen functional groups attached to an aromatic ring is 1. The average Bonchev–Trinajstić information content (AvgIpc) is 2.69. The smallest absolute Gasteiger partial charge is 0.409 e. The third-order valence-electron chi connectivity index (χ3n) is 4.65. The van der Waals surface area contributed by atoms with Crippen LogP contribution in [0.5, 0.6) is 0 Å². The number of carbonyl (C=O) groups is 2. The summed E-state index contributed by atoms with van der Waals surface area (Å²) in [6.07, 6.45) is -0.390. The summed E-state index contributed by atoms with van der Waals surface area (Å²) in [5, 5.41) is 1.69. The van der Waals surface area contributed by atoms with Crippen molar-refractivity contribution < 1.29 is 19.1 Å². The highest BCUT2D eigenvalue weighted by Crippen LogP contribution is 2.27. The predicted molar refractivity (Wildman–Crippen MR) is 102 cm³/mol. The van der Waals surface area contributed by atoms with Gasteiger partial charge in [-0.2, -0.15) is 0 Å². The quantitative estimate of drug-likeness (QED) is 0.385. The van der Waals surface area contributed by atoms with Crippen LogP contribution in [0.1, 0.15) is 17.3 Å². The fourth-order valence-electron chi connectivity index (χ4n) is 3.20. The van der Waals surface area contributed by atoms with E-state index in [0.717, 1.165) is 10.8 Å². The lowest BCUT2D eigenvalue weighted by Crippen LogP contribution is -2.49. The molecular weight excluding hydrogens is 346 g/mol. The number of amides is 1. The lowest BCUT2D eigenvalue weighted by Gasteiger charge is -2.35. The molecule has 7 heteroatoms. The van der Waals surface area contributed by atoms with Gasteiger partial charge in [0.1, 0.15) is 0 Å². The first-order valence-corrected chi connectivity index (χ1v) is 8.80. The average molecular weight is 367 g/mol. The first kappa shape index (κ1) is 18.5. The Labute approximate surface area is 157 Å². The van der Waals surface area contributed by atoms with Crippen LogP contribution >= 0.6 is 0 Å². The number of hydrogen-bond acceptors (Lipinski definition) is 6. The van der Waals surface area contributed by atoms with Crippen LogP contribution in [0, 0.1) is 0 Å². The molecule has 1 heterocycles. The predicted octanol–water partition coefficient (Wildman–Crippen LogP) is 2.09. The topological polar surface area (TPSA) is 92.9 Å². The first-order valence-electron chi connectivity index (χ1n) is 8.80. The number of Topliss-reactive ketones (excluding diaryl/α,β-unsaturated/α-hetero) is 1. The van der Waals surface area contributed by atoms with Crippen LogP contribution in [0.3, 0.4) is 0 Å². The van der Waals surface area contributed by atoms with Gasteiger partial charge in [0.05, 0.1) is 12.3 Å². The van der Waals surface area contributed by atoms with Crippen LogP contribution in [0.25, 0.3) is 10.8 Å². The maximum Gasteiger partial charge on any atom is 0.409 e. The van der Waals surface area contributed by atoms with Gasteiger partial charge in [-0.3, -0.25) is 4.79 Å². The van der Waals surface area contributed by atoms with E-state index in [2.05, 4.69) is 0 Å². The van der Waals surface area contributed by atoms with Gasteiger partial charge in [0, 0.05) is 37.1 Å². The van der Waals surface area contributed by atoms with Gasteiger partial charge in [0.25, 0.3) is 0 Å². The number of carbonyl (C=O) groups excluding carboxylic acids is 3. The van der Waals surface area contributed by atoms with Crippen molar-refractivity contribution in [2.75, 3.05) is 38.5 Å². The number of allylic oxidation sites excluding steroid dienone is 1. The van der Waals surface area contributed by atoms with Gasteiger partial charge in [0.2, 0.25) is 5.78 Å². The lowest BCUT2D eigenvalue weighted by atomic mass is 9.99. The molecule has 0 saturated carbocycles. The zero-order valence-electron chi connectivity index (χ0n) is 15.1. The maximum atomic E-state index is 12.9. The van der Waals surface area contributed by atoms with Gasteiger partial charge < -0.3 is 20.3 Å². The Morgan fingerprint density at radius 2 is 1.74 bits per heavy atom. The van der Waals surface area contributed by atoms with Gasteiger partial charge in [-0.1, -0.05) is 30.3 Å². The fourth-order valence-corrected chi connectivity index (χ4v) is 3.20. The van der Waals surface area contributed by atoms with Crippen LogP contribution in [0.2, 0.25) is 0 Å². The van der Waals surface area contributed by atoms with Gasteiger partial charge in [0.15, 0.2) is 11.6 Å². The highest BCUT2D eigenvalue weighted by Gasteiger charge is 2.28. The SMILES string of the molecule is CCOC(=O)N1CCN(C(=C=O)C(=O)c2ccc3ccccc3c2N)CC1. The fraction of sp³-hybridized carbons (Fsp3) is 0.300. The highest BCUT2D eigenvalue weighted by atomic mass is 16.6. The summed E-state index contributed by atoms with van der Waals surface area (Å²) in [5.41, 5.74) is 6.74. The molecule has 7 nitrogen and oxygen atoms in total. The number of anilines is 1. The van der Waals surface area contributed by atoms with Crippen molar-refractivity contribution in [1.82, 2.24) is 9.80 Å². The molecule has 1 fully saturated rings. The van der Waals surface area contributed by atoms with E-state index in [1.54, 1.807) is 34.8 Å². The summed E-state index contributed by atoms with van der Waals surface area (Å²) in [7, 11) is 0. The van der Waals surface area contributed by atoms with Crippen molar-refractivity contribution in [3.63, 3.8) is 0 Å². The number of rotatable bonds is 4. The minimum absolute atomic E-state index is 0.0690. The molecule has 0 bridgehead atoms. The number of benzene rings is 2. The lowest BCUT2D eigenvalue weighted by molar-refractivity contribution is 0.0826. The van der Waals surface area contributed by atoms with E-state index in [4.69, 9.17) is 10.5 Å². The molecule has 27 heavy (non-hydrogen) atoms. The van der Waals surface area contributed by atoms with Crippen molar-refractivity contribution in [1.29, 1.82) is 0 Å². The third kappa shape index (κ3) is 3.64. The van der Waals surface area contributed by atoms with E-state index in [0.29, 0.717) is 38.5 Å². The molecule has 0 radical (unpaired) electrons. The van der Waals surface area contributed by atoms with Crippen LogP contribution in [-0.2, 0) is 9.53 Å². The van der Waals surface area contributed by atoms with Crippen molar-refractivity contribution in [2.45, 2.75) is 6.92 Å². The van der Waals surface area contributed by atoms with Crippen molar-refractivity contribution in [3.05, 3.63) is 47.7 Å². The Bertz CT molecular complexity index is 926. The zero-order chi connectivity index (χ0) is 19.4. The summed E-state index contributed by atoms with van der Waals surface area (Å²) in [4.78, 5) is 39.5. The highest BCUT2D eigenvalue weighted by molar-refractivity contribution is 6.18. The van der Waals surface area contributed by atoms with Crippen LogP contribution in [0.4, 0.5) is 10.5 Å². The summed E-state index contributed by atoms with van der Waals surface area (Å²) < 4.78 is 4.98.